The van der Waals surface area contributed by atoms with Gasteiger partial charge in [-0.1, -0.05) is 42.5 Å². The fraction of sp³-hybridized carbons (Fsp3) is 0.0714. The van der Waals surface area contributed by atoms with Crippen LogP contribution in [0.15, 0.2) is 54.6 Å². The van der Waals surface area contributed by atoms with Gasteiger partial charge in [0.25, 0.3) is 0 Å². The zero-order valence-corrected chi connectivity index (χ0v) is 11.2. The second kappa shape index (κ2) is 9.52. The van der Waals surface area contributed by atoms with E-state index in [1.807, 2.05) is 30.3 Å². The first-order valence-corrected chi connectivity index (χ1v) is 6.11. The van der Waals surface area contributed by atoms with E-state index in [2.05, 4.69) is 5.32 Å². The molecule has 0 fully saturated rings. The summed E-state index contributed by atoms with van der Waals surface area (Å²) in [6.45, 7) is 0.154. The molecule has 0 aromatic heterocycles. The van der Waals surface area contributed by atoms with Gasteiger partial charge in [-0.25, -0.2) is 9.18 Å². The van der Waals surface area contributed by atoms with Crippen molar-refractivity contribution < 1.29 is 24.0 Å². The van der Waals surface area contributed by atoms with E-state index < -0.39 is 19.6 Å². The van der Waals surface area contributed by atoms with Crippen LogP contribution < -0.4 is 5.32 Å². The van der Waals surface area contributed by atoms with Crippen LogP contribution in [0, 0.1) is 5.82 Å². The summed E-state index contributed by atoms with van der Waals surface area (Å²) < 4.78 is 18.2. The van der Waals surface area contributed by atoms with Crippen LogP contribution in [0.3, 0.4) is 0 Å². The molecule has 2 aromatic rings. The SMILES string of the molecule is O=C(Nc1ccccc1F)OCc1ccccc1.OBO. The van der Waals surface area contributed by atoms with E-state index in [4.69, 9.17) is 14.8 Å². The van der Waals surface area contributed by atoms with Crippen molar-refractivity contribution in [2.24, 2.45) is 0 Å². The molecule has 0 bridgehead atoms. The van der Waals surface area contributed by atoms with Gasteiger partial charge in [0.05, 0.1) is 5.69 Å². The molecule has 21 heavy (non-hydrogen) atoms. The molecule has 0 saturated heterocycles. The highest BCUT2D eigenvalue weighted by atomic mass is 19.1. The number of ether oxygens (including phenoxy) is 1. The van der Waals surface area contributed by atoms with Crippen LogP contribution in [-0.4, -0.2) is 23.8 Å². The molecule has 2 rings (SSSR count). The van der Waals surface area contributed by atoms with E-state index in [0.717, 1.165) is 5.56 Å². The lowest BCUT2D eigenvalue weighted by atomic mass is 10.2. The second-order valence-corrected chi connectivity index (χ2v) is 3.81. The first kappa shape index (κ1) is 16.7. The molecular formula is C14H15BFNO4. The number of hydrogen-bond acceptors (Lipinski definition) is 4. The topological polar surface area (TPSA) is 78.8 Å². The molecule has 3 N–H and O–H groups in total. The number of amides is 1. The summed E-state index contributed by atoms with van der Waals surface area (Å²) in [5.74, 6) is -0.492. The smallest absolute Gasteiger partial charge is 0.432 e. The number of hydrogen-bond donors (Lipinski definition) is 3. The van der Waals surface area contributed by atoms with Gasteiger partial charge in [-0.3, -0.25) is 5.32 Å². The molecule has 5 nitrogen and oxygen atoms in total. The molecule has 0 aliphatic heterocycles. The number of carbonyl (C=O) groups is 1. The van der Waals surface area contributed by atoms with Crippen molar-refractivity contribution in [2.45, 2.75) is 6.61 Å². The average Bonchev–Trinajstić information content (AvgIpc) is 2.49. The summed E-state index contributed by atoms with van der Waals surface area (Å²) in [6.07, 6.45) is -0.677. The Morgan fingerprint density at radius 3 is 2.29 bits per heavy atom. The molecule has 0 radical (unpaired) electrons. The summed E-state index contributed by atoms with van der Waals surface area (Å²) in [5, 5.41) is 16.6. The number of halogens is 1. The first-order valence-electron chi connectivity index (χ1n) is 6.11. The van der Waals surface area contributed by atoms with Gasteiger partial charge in [0.15, 0.2) is 0 Å². The third kappa shape index (κ3) is 6.55. The van der Waals surface area contributed by atoms with Crippen molar-refractivity contribution in [3.63, 3.8) is 0 Å². The van der Waals surface area contributed by atoms with Gasteiger partial charge in [0, 0.05) is 0 Å². The van der Waals surface area contributed by atoms with Crippen molar-refractivity contribution in [3.05, 3.63) is 66.0 Å². The summed E-state index contributed by atoms with van der Waals surface area (Å²) >= 11 is 0. The predicted octanol–water partition coefficient (Wildman–Crippen LogP) is 1.81. The summed E-state index contributed by atoms with van der Waals surface area (Å²) in [7, 11) is -0.750. The molecule has 0 atom stereocenters. The van der Waals surface area contributed by atoms with Crippen molar-refractivity contribution in [1.82, 2.24) is 0 Å². The monoisotopic (exact) mass is 291 g/mol. The third-order valence-corrected chi connectivity index (χ3v) is 2.32. The van der Waals surface area contributed by atoms with E-state index >= 15 is 0 Å². The van der Waals surface area contributed by atoms with Gasteiger partial charge in [-0.05, 0) is 17.7 Å². The summed E-state index contributed by atoms with van der Waals surface area (Å²) in [5.41, 5.74) is 0.983. The molecule has 0 aliphatic carbocycles. The number of anilines is 1. The minimum atomic E-state index is -0.750. The zero-order valence-electron chi connectivity index (χ0n) is 11.2. The number of rotatable bonds is 3. The number of nitrogens with one attached hydrogen (secondary N) is 1. The molecule has 110 valence electrons. The first-order chi connectivity index (χ1) is 10.2. The molecular weight excluding hydrogens is 276 g/mol. The van der Waals surface area contributed by atoms with Gasteiger partial charge in [-0.15, -0.1) is 0 Å². The molecule has 0 spiro atoms. The third-order valence-electron chi connectivity index (χ3n) is 2.32. The van der Waals surface area contributed by atoms with Crippen LogP contribution in [0.25, 0.3) is 0 Å². The van der Waals surface area contributed by atoms with Crippen LogP contribution in [0.4, 0.5) is 14.9 Å². The minimum Gasteiger partial charge on any atom is -0.444 e. The largest absolute Gasteiger partial charge is 0.444 e. The van der Waals surface area contributed by atoms with Crippen molar-refractivity contribution in [2.75, 3.05) is 5.32 Å². The molecule has 0 unspecified atom stereocenters. The number of para-hydroxylation sites is 1. The maximum Gasteiger partial charge on any atom is 0.432 e. The van der Waals surface area contributed by atoms with E-state index in [-0.39, 0.29) is 12.3 Å². The van der Waals surface area contributed by atoms with Crippen LogP contribution in [0.5, 0.6) is 0 Å². The molecule has 7 heteroatoms. The van der Waals surface area contributed by atoms with Gasteiger partial charge >= 0.3 is 13.8 Å². The summed E-state index contributed by atoms with van der Waals surface area (Å²) in [4.78, 5) is 11.4. The lowest BCUT2D eigenvalue weighted by Gasteiger charge is -2.07. The zero-order chi connectivity index (χ0) is 15.5. The second-order valence-electron chi connectivity index (χ2n) is 3.81. The minimum absolute atomic E-state index is 0.107. The van der Waals surface area contributed by atoms with Crippen LogP contribution in [-0.2, 0) is 11.3 Å². The highest BCUT2D eigenvalue weighted by Crippen LogP contribution is 2.12. The Bertz CT molecular complexity index is 554. The van der Waals surface area contributed by atoms with Gasteiger partial charge in [0.2, 0.25) is 0 Å². The molecule has 2 aromatic carbocycles. The highest BCUT2D eigenvalue weighted by Gasteiger charge is 2.06. The van der Waals surface area contributed by atoms with Gasteiger partial charge in [-0.2, -0.15) is 0 Å². The quantitative estimate of drug-likeness (QED) is 0.754. The van der Waals surface area contributed by atoms with Crippen LogP contribution >= 0.6 is 0 Å². The maximum absolute atomic E-state index is 13.2. The van der Waals surface area contributed by atoms with Crippen molar-refractivity contribution in [3.8, 4) is 0 Å². The standard InChI is InChI=1S/C14H12FNO2.BH3O2/c15-12-8-4-5-9-13(12)16-14(17)18-10-11-6-2-1-3-7-11;2-1-3/h1-9H,10H2,(H,16,17);1-3H. The predicted molar refractivity (Wildman–Crippen MR) is 78.2 cm³/mol. The van der Waals surface area contributed by atoms with Crippen molar-refractivity contribution >= 4 is 19.5 Å². The van der Waals surface area contributed by atoms with Crippen LogP contribution in [0.2, 0.25) is 0 Å². The normalized spacial score (nSPS) is 9.10. The van der Waals surface area contributed by atoms with E-state index in [0.29, 0.717) is 0 Å². The van der Waals surface area contributed by atoms with Gasteiger partial charge < -0.3 is 14.8 Å². The van der Waals surface area contributed by atoms with Crippen LogP contribution in [0.1, 0.15) is 5.56 Å². The maximum atomic E-state index is 13.2. The fourth-order valence-electron chi connectivity index (χ4n) is 1.43. The molecule has 0 saturated carbocycles. The Hall–Kier alpha value is -2.38. The lowest BCUT2D eigenvalue weighted by molar-refractivity contribution is 0.155. The molecule has 1 amide bonds. The molecule has 0 heterocycles. The Labute approximate surface area is 122 Å². The Balaban J connectivity index is 0.000000677. The Morgan fingerprint density at radius 2 is 1.67 bits per heavy atom. The number of carbonyl (C=O) groups excluding carboxylic acids is 1. The van der Waals surface area contributed by atoms with Gasteiger partial charge in [0.1, 0.15) is 12.4 Å². The average molecular weight is 291 g/mol. The Morgan fingerprint density at radius 1 is 1.10 bits per heavy atom. The highest BCUT2D eigenvalue weighted by molar-refractivity contribution is 6.13. The van der Waals surface area contributed by atoms with E-state index in [1.165, 1.54) is 12.1 Å². The van der Waals surface area contributed by atoms with Crippen molar-refractivity contribution in [1.29, 1.82) is 0 Å². The number of benzene rings is 2. The van der Waals surface area contributed by atoms with E-state index in [9.17, 15) is 9.18 Å². The molecule has 0 aliphatic rings. The summed E-state index contributed by atoms with van der Waals surface area (Å²) in [6, 6.07) is 15.2. The van der Waals surface area contributed by atoms with E-state index in [1.54, 1.807) is 12.1 Å². The fourth-order valence-corrected chi connectivity index (χ4v) is 1.43. The lowest BCUT2D eigenvalue weighted by Crippen LogP contribution is -2.14. The Kier molecular flexibility index (Phi) is 7.56.